The van der Waals surface area contributed by atoms with Crippen molar-refractivity contribution < 1.29 is 18.3 Å². The number of rotatable bonds is 4. The molecule has 6 nitrogen and oxygen atoms in total. The molecule has 2 aromatic carbocycles. The Kier molecular flexibility index (Phi) is 3.55. The number of para-hydroxylation sites is 1. The van der Waals surface area contributed by atoms with Crippen LogP contribution in [0.25, 0.3) is 10.2 Å². The normalized spacial score (nSPS) is 11.5. The van der Waals surface area contributed by atoms with Crippen LogP contribution in [0.2, 0.25) is 0 Å². The zero-order valence-corrected chi connectivity index (χ0v) is 12.7. The molecule has 0 amide bonds. The molecule has 0 aliphatic heterocycles. The second kappa shape index (κ2) is 5.39. The van der Waals surface area contributed by atoms with Gasteiger partial charge < -0.3 is 5.11 Å². The molecule has 2 N–H and O–H groups in total. The Hall–Kier alpha value is -2.45. The quantitative estimate of drug-likeness (QED) is 0.765. The number of hydrogen-bond acceptors (Lipinski definition) is 5. The Morgan fingerprint density at radius 3 is 2.41 bits per heavy atom. The largest absolute Gasteiger partial charge is 0.478 e. The molecule has 0 saturated carbocycles. The molecule has 112 valence electrons. The molecule has 1 heterocycles. The smallest absolute Gasteiger partial charge is 0.335 e. The van der Waals surface area contributed by atoms with Gasteiger partial charge in [0.15, 0.2) is 5.13 Å². The van der Waals surface area contributed by atoms with E-state index >= 15 is 0 Å². The number of nitrogens with zero attached hydrogens (tertiary/aromatic N) is 1. The minimum atomic E-state index is -3.80. The molecule has 8 heteroatoms. The maximum absolute atomic E-state index is 12.3. The summed E-state index contributed by atoms with van der Waals surface area (Å²) in [6, 6.07) is 12.3. The minimum absolute atomic E-state index is 0.0169. The number of thiazole rings is 1. The molecule has 0 saturated heterocycles. The van der Waals surface area contributed by atoms with E-state index in [1.807, 2.05) is 18.2 Å². The van der Waals surface area contributed by atoms with E-state index in [0.29, 0.717) is 5.52 Å². The Morgan fingerprint density at radius 1 is 1.09 bits per heavy atom. The van der Waals surface area contributed by atoms with Crippen LogP contribution in [0.1, 0.15) is 10.4 Å². The number of nitrogens with one attached hydrogen (secondary N) is 1. The first-order valence-corrected chi connectivity index (χ1v) is 8.47. The lowest BCUT2D eigenvalue weighted by Crippen LogP contribution is -2.13. The van der Waals surface area contributed by atoms with Gasteiger partial charge in [0.1, 0.15) is 0 Å². The van der Waals surface area contributed by atoms with Gasteiger partial charge in [-0.25, -0.2) is 18.2 Å². The lowest BCUT2D eigenvalue weighted by molar-refractivity contribution is 0.0696. The number of aromatic nitrogens is 1. The fraction of sp³-hybridized carbons (Fsp3) is 0. The van der Waals surface area contributed by atoms with Crippen LogP contribution >= 0.6 is 11.3 Å². The topological polar surface area (TPSA) is 96.4 Å². The zero-order chi connectivity index (χ0) is 15.7. The highest BCUT2D eigenvalue weighted by Gasteiger charge is 2.17. The van der Waals surface area contributed by atoms with Crippen molar-refractivity contribution in [2.75, 3.05) is 4.72 Å². The summed E-state index contributed by atoms with van der Waals surface area (Å²) < 4.78 is 27.8. The van der Waals surface area contributed by atoms with Gasteiger partial charge in [-0.2, -0.15) is 0 Å². The highest BCUT2D eigenvalue weighted by molar-refractivity contribution is 7.93. The minimum Gasteiger partial charge on any atom is -0.478 e. The number of benzene rings is 2. The zero-order valence-electron chi connectivity index (χ0n) is 11.1. The van der Waals surface area contributed by atoms with Gasteiger partial charge in [-0.15, -0.1) is 0 Å². The van der Waals surface area contributed by atoms with Gasteiger partial charge in [0.25, 0.3) is 10.0 Å². The summed E-state index contributed by atoms with van der Waals surface area (Å²) in [5.41, 5.74) is 0.741. The van der Waals surface area contributed by atoms with Gasteiger partial charge in [0.2, 0.25) is 0 Å². The van der Waals surface area contributed by atoms with Crippen LogP contribution in [-0.2, 0) is 10.0 Å². The molecular weight excluding hydrogens is 324 g/mol. The number of hydrogen-bond donors (Lipinski definition) is 2. The van der Waals surface area contributed by atoms with Crippen molar-refractivity contribution in [1.82, 2.24) is 4.98 Å². The predicted octanol–water partition coefficient (Wildman–Crippen LogP) is 2.80. The van der Waals surface area contributed by atoms with Crippen LogP contribution in [-0.4, -0.2) is 24.5 Å². The molecule has 0 unspecified atom stereocenters. The summed E-state index contributed by atoms with van der Waals surface area (Å²) in [6.45, 7) is 0. The third-order valence-electron chi connectivity index (χ3n) is 2.93. The van der Waals surface area contributed by atoms with E-state index in [1.54, 1.807) is 6.07 Å². The lowest BCUT2D eigenvalue weighted by atomic mass is 10.2. The Balaban J connectivity index is 1.90. The lowest BCUT2D eigenvalue weighted by Gasteiger charge is -2.05. The Bertz CT molecular complexity index is 913. The van der Waals surface area contributed by atoms with E-state index in [9.17, 15) is 13.2 Å². The van der Waals surface area contributed by atoms with Crippen molar-refractivity contribution in [2.45, 2.75) is 4.90 Å². The predicted molar refractivity (Wildman–Crippen MR) is 83.8 cm³/mol. The SMILES string of the molecule is O=C(O)c1ccc(S(=O)(=O)Nc2nc3ccccc3s2)cc1. The fourth-order valence-electron chi connectivity index (χ4n) is 1.87. The number of anilines is 1. The second-order valence-corrected chi connectivity index (χ2v) is 7.13. The van der Waals surface area contributed by atoms with E-state index in [0.717, 1.165) is 4.70 Å². The monoisotopic (exact) mass is 334 g/mol. The molecule has 1 aromatic heterocycles. The van der Waals surface area contributed by atoms with Crippen molar-refractivity contribution in [3.05, 3.63) is 54.1 Å². The standard InChI is InChI=1S/C14H10N2O4S2/c17-13(18)9-5-7-10(8-6-9)22(19,20)16-14-15-11-3-1-2-4-12(11)21-14/h1-8H,(H,15,16)(H,17,18). The van der Waals surface area contributed by atoms with Crippen LogP contribution in [0, 0.1) is 0 Å². The maximum Gasteiger partial charge on any atom is 0.335 e. The fourth-order valence-corrected chi connectivity index (χ4v) is 3.97. The third-order valence-corrected chi connectivity index (χ3v) is 5.36. The average molecular weight is 334 g/mol. The summed E-state index contributed by atoms with van der Waals surface area (Å²) >= 11 is 1.23. The van der Waals surface area contributed by atoms with Crippen molar-refractivity contribution in [3.63, 3.8) is 0 Å². The number of sulfonamides is 1. The van der Waals surface area contributed by atoms with Crippen LogP contribution in [0.15, 0.2) is 53.4 Å². The Morgan fingerprint density at radius 2 is 1.77 bits per heavy atom. The molecule has 3 aromatic rings. The van der Waals surface area contributed by atoms with E-state index in [1.165, 1.54) is 35.6 Å². The van der Waals surface area contributed by atoms with Crippen LogP contribution in [0.4, 0.5) is 5.13 Å². The summed E-state index contributed by atoms with van der Waals surface area (Å²) in [4.78, 5) is 15.0. The summed E-state index contributed by atoms with van der Waals surface area (Å²) in [7, 11) is -3.80. The van der Waals surface area contributed by atoms with Crippen molar-refractivity contribution in [3.8, 4) is 0 Å². The number of carboxylic acid groups (broad SMARTS) is 1. The molecule has 0 aliphatic carbocycles. The van der Waals surface area contributed by atoms with Crippen LogP contribution < -0.4 is 4.72 Å². The molecular formula is C14H10N2O4S2. The molecule has 0 atom stereocenters. The molecule has 0 spiro atoms. The van der Waals surface area contributed by atoms with Crippen molar-refractivity contribution >= 4 is 42.7 Å². The molecule has 22 heavy (non-hydrogen) atoms. The molecule has 0 bridgehead atoms. The highest BCUT2D eigenvalue weighted by atomic mass is 32.2. The van der Waals surface area contributed by atoms with Crippen molar-refractivity contribution in [2.24, 2.45) is 0 Å². The first-order chi connectivity index (χ1) is 10.5. The maximum atomic E-state index is 12.3. The Labute approximate surface area is 130 Å². The van der Waals surface area contributed by atoms with Gasteiger partial charge >= 0.3 is 5.97 Å². The molecule has 0 radical (unpaired) electrons. The summed E-state index contributed by atoms with van der Waals surface area (Å²) in [5.74, 6) is -1.11. The van der Waals surface area contributed by atoms with Gasteiger partial charge in [-0.05, 0) is 36.4 Å². The first kappa shape index (κ1) is 14.5. The van der Waals surface area contributed by atoms with E-state index < -0.39 is 16.0 Å². The molecule has 3 rings (SSSR count). The van der Waals surface area contributed by atoms with Crippen molar-refractivity contribution in [1.29, 1.82) is 0 Å². The van der Waals surface area contributed by atoms with Crippen LogP contribution in [0.3, 0.4) is 0 Å². The van der Waals surface area contributed by atoms with Gasteiger partial charge in [-0.3, -0.25) is 4.72 Å². The van der Waals surface area contributed by atoms with Gasteiger partial charge in [-0.1, -0.05) is 23.5 Å². The number of fused-ring (bicyclic) bond motifs is 1. The number of carbonyl (C=O) groups is 1. The second-order valence-electron chi connectivity index (χ2n) is 4.42. The number of carboxylic acids is 1. The van der Waals surface area contributed by atoms with E-state index in [4.69, 9.17) is 5.11 Å². The molecule has 0 fully saturated rings. The number of aromatic carboxylic acids is 1. The molecule has 0 aliphatic rings. The van der Waals surface area contributed by atoms with E-state index in [-0.39, 0.29) is 15.6 Å². The van der Waals surface area contributed by atoms with Gasteiger partial charge in [0.05, 0.1) is 20.7 Å². The highest BCUT2D eigenvalue weighted by Crippen LogP contribution is 2.27. The van der Waals surface area contributed by atoms with Crippen LogP contribution in [0.5, 0.6) is 0 Å². The van der Waals surface area contributed by atoms with Gasteiger partial charge in [0, 0.05) is 0 Å². The average Bonchev–Trinajstić information content (AvgIpc) is 2.88. The third kappa shape index (κ3) is 2.78. The summed E-state index contributed by atoms with van der Waals surface area (Å²) in [6.07, 6.45) is 0. The summed E-state index contributed by atoms with van der Waals surface area (Å²) in [5, 5.41) is 9.09. The first-order valence-electron chi connectivity index (χ1n) is 6.17. The van der Waals surface area contributed by atoms with E-state index in [2.05, 4.69) is 9.71 Å².